The van der Waals surface area contributed by atoms with Gasteiger partial charge in [0.25, 0.3) is 0 Å². The number of nitriles is 1. The average molecular weight is 189 g/mol. The predicted octanol–water partition coefficient (Wildman–Crippen LogP) is 2.11. The zero-order valence-electron chi connectivity index (χ0n) is 9.07. The summed E-state index contributed by atoms with van der Waals surface area (Å²) in [4.78, 5) is 6.37. The van der Waals surface area contributed by atoms with E-state index in [1.807, 2.05) is 31.0 Å². The molecule has 14 heavy (non-hydrogen) atoms. The van der Waals surface area contributed by atoms with Gasteiger partial charge in [-0.2, -0.15) is 5.26 Å². The lowest BCUT2D eigenvalue weighted by molar-refractivity contribution is 0.740. The second kappa shape index (κ2) is 4.10. The van der Waals surface area contributed by atoms with Gasteiger partial charge >= 0.3 is 0 Å². The molecule has 3 heteroatoms. The van der Waals surface area contributed by atoms with Crippen LogP contribution in [-0.2, 0) is 0 Å². The van der Waals surface area contributed by atoms with Gasteiger partial charge in [0.2, 0.25) is 0 Å². The van der Waals surface area contributed by atoms with Gasteiger partial charge in [-0.3, -0.25) is 0 Å². The molecule has 0 radical (unpaired) electrons. The topological polar surface area (TPSA) is 39.9 Å². The van der Waals surface area contributed by atoms with Crippen LogP contribution in [0.1, 0.15) is 25.1 Å². The molecular weight excluding hydrogens is 174 g/mol. The van der Waals surface area contributed by atoms with Crippen LogP contribution >= 0.6 is 0 Å². The van der Waals surface area contributed by atoms with E-state index < -0.39 is 0 Å². The molecule has 74 valence electrons. The number of aryl methyl sites for hydroxylation is 1. The molecule has 0 atom stereocenters. The highest BCUT2D eigenvalue weighted by Gasteiger charge is 2.11. The minimum atomic E-state index is 0.344. The molecule has 0 saturated carbocycles. The molecule has 1 rings (SSSR count). The molecule has 0 N–H and O–H groups in total. The van der Waals surface area contributed by atoms with Gasteiger partial charge in [-0.05, 0) is 32.9 Å². The third-order valence-corrected chi connectivity index (χ3v) is 2.24. The number of anilines is 1. The van der Waals surface area contributed by atoms with E-state index in [2.05, 4.69) is 24.9 Å². The van der Waals surface area contributed by atoms with Crippen LogP contribution in [0.15, 0.2) is 12.1 Å². The number of rotatable bonds is 2. The molecule has 0 amide bonds. The highest BCUT2D eigenvalue weighted by Crippen LogP contribution is 2.18. The Labute approximate surface area is 85.0 Å². The first-order valence-electron chi connectivity index (χ1n) is 4.67. The Kier molecular flexibility index (Phi) is 3.08. The summed E-state index contributed by atoms with van der Waals surface area (Å²) >= 11 is 0. The predicted molar refractivity (Wildman–Crippen MR) is 57.2 cm³/mol. The monoisotopic (exact) mass is 189 g/mol. The molecule has 1 aromatic heterocycles. The Hall–Kier alpha value is -1.56. The number of pyridine rings is 1. The van der Waals surface area contributed by atoms with Gasteiger partial charge in [-0.25, -0.2) is 4.98 Å². The maximum absolute atomic E-state index is 8.92. The standard InChI is InChI=1S/C11H15N3/c1-8(2)14(4)11-10(7-12)6-5-9(3)13-11/h5-6,8H,1-4H3. The first kappa shape index (κ1) is 10.5. The molecule has 0 spiro atoms. The molecule has 1 aromatic rings. The van der Waals surface area contributed by atoms with Gasteiger partial charge in [-0.1, -0.05) is 0 Å². The fourth-order valence-corrected chi connectivity index (χ4v) is 1.14. The quantitative estimate of drug-likeness (QED) is 0.715. The summed E-state index contributed by atoms with van der Waals surface area (Å²) in [7, 11) is 1.95. The van der Waals surface area contributed by atoms with Crippen molar-refractivity contribution < 1.29 is 0 Å². The molecule has 0 saturated heterocycles. The molecule has 0 fully saturated rings. The van der Waals surface area contributed by atoms with Crippen LogP contribution in [0.5, 0.6) is 0 Å². The van der Waals surface area contributed by atoms with Crippen LogP contribution in [0.4, 0.5) is 5.82 Å². The normalized spacial score (nSPS) is 10.0. The maximum atomic E-state index is 8.92. The molecule has 0 aliphatic carbocycles. The maximum Gasteiger partial charge on any atom is 0.146 e. The van der Waals surface area contributed by atoms with E-state index in [1.54, 1.807) is 0 Å². The number of nitrogens with zero attached hydrogens (tertiary/aromatic N) is 3. The smallest absolute Gasteiger partial charge is 0.146 e. The van der Waals surface area contributed by atoms with Crippen molar-refractivity contribution in [1.82, 2.24) is 4.98 Å². The van der Waals surface area contributed by atoms with Crippen molar-refractivity contribution in [2.75, 3.05) is 11.9 Å². The molecule has 0 aliphatic heterocycles. The van der Waals surface area contributed by atoms with E-state index in [0.717, 1.165) is 11.5 Å². The Morgan fingerprint density at radius 2 is 2.07 bits per heavy atom. The molecular formula is C11H15N3. The van der Waals surface area contributed by atoms with Crippen molar-refractivity contribution in [3.05, 3.63) is 23.4 Å². The summed E-state index contributed by atoms with van der Waals surface area (Å²) in [6.45, 7) is 6.08. The molecule has 0 bridgehead atoms. The van der Waals surface area contributed by atoms with Crippen LogP contribution in [-0.4, -0.2) is 18.1 Å². The van der Waals surface area contributed by atoms with Gasteiger partial charge < -0.3 is 4.90 Å². The lowest BCUT2D eigenvalue weighted by Gasteiger charge is -2.23. The minimum absolute atomic E-state index is 0.344. The SMILES string of the molecule is Cc1ccc(C#N)c(N(C)C(C)C)n1. The summed E-state index contributed by atoms with van der Waals surface area (Å²) in [5.74, 6) is 0.766. The Balaban J connectivity index is 3.18. The van der Waals surface area contributed by atoms with E-state index in [9.17, 15) is 0 Å². The first-order chi connectivity index (χ1) is 6.56. The van der Waals surface area contributed by atoms with Crippen LogP contribution < -0.4 is 4.90 Å². The summed E-state index contributed by atoms with van der Waals surface area (Å²) in [6, 6.07) is 6.17. The molecule has 0 unspecified atom stereocenters. The number of hydrogen-bond donors (Lipinski definition) is 0. The fourth-order valence-electron chi connectivity index (χ4n) is 1.14. The second-order valence-electron chi connectivity index (χ2n) is 3.64. The highest BCUT2D eigenvalue weighted by molar-refractivity contribution is 5.54. The molecule has 0 aromatic carbocycles. The van der Waals surface area contributed by atoms with Gasteiger partial charge in [0, 0.05) is 18.8 Å². The van der Waals surface area contributed by atoms with E-state index in [0.29, 0.717) is 11.6 Å². The lowest BCUT2D eigenvalue weighted by atomic mass is 10.2. The van der Waals surface area contributed by atoms with Crippen molar-refractivity contribution in [3.63, 3.8) is 0 Å². The Bertz CT molecular complexity index is 363. The fraction of sp³-hybridized carbons (Fsp3) is 0.455. The summed E-state index contributed by atoms with van der Waals surface area (Å²) in [5, 5.41) is 8.92. The van der Waals surface area contributed by atoms with Crippen molar-refractivity contribution in [3.8, 4) is 6.07 Å². The van der Waals surface area contributed by atoms with Crippen molar-refractivity contribution >= 4 is 5.82 Å². The molecule has 3 nitrogen and oxygen atoms in total. The van der Waals surface area contributed by atoms with Crippen LogP contribution in [0.2, 0.25) is 0 Å². The van der Waals surface area contributed by atoms with Gasteiger partial charge in [0.15, 0.2) is 0 Å². The second-order valence-corrected chi connectivity index (χ2v) is 3.64. The Morgan fingerprint density at radius 3 is 2.57 bits per heavy atom. The van der Waals surface area contributed by atoms with Crippen LogP contribution in [0, 0.1) is 18.3 Å². The largest absolute Gasteiger partial charge is 0.356 e. The van der Waals surface area contributed by atoms with Gasteiger partial charge in [0.1, 0.15) is 11.9 Å². The summed E-state index contributed by atoms with van der Waals surface area (Å²) in [5.41, 5.74) is 1.57. The summed E-state index contributed by atoms with van der Waals surface area (Å²) in [6.07, 6.45) is 0. The first-order valence-corrected chi connectivity index (χ1v) is 4.67. The number of aromatic nitrogens is 1. The highest BCUT2D eigenvalue weighted by atomic mass is 15.2. The van der Waals surface area contributed by atoms with E-state index in [1.165, 1.54) is 0 Å². The average Bonchev–Trinajstić information content (AvgIpc) is 2.16. The van der Waals surface area contributed by atoms with E-state index in [4.69, 9.17) is 5.26 Å². The van der Waals surface area contributed by atoms with Gasteiger partial charge in [-0.15, -0.1) is 0 Å². The zero-order chi connectivity index (χ0) is 10.7. The molecule has 1 heterocycles. The minimum Gasteiger partial charge on any atom is -0.356 e. The molecule has 0 aliphatic rings. The van der Waals surface area contributed by atoms with Crippen molar-refractivity contribution in [2.24, 2.45) is 0 Å². The van der Waals surface area contributed by atoms with E-state index in [-0.39, 0.29) is 0 Å². The summed E-state index contributed by atoms with van der Waals surface area (Å²) < 4.78 is 0. The zero-order valence-corrected chi connectivity index (χ0v) is 9.07. The van der Waals surface area contributed by atoms with Gasteiger partial charge in [0.05, 0.1) is 5.56 Å². The van der Waals surface area contributed by atoms with Crippen LogP contribution in [0.3, 0.4) is 0 Å². The van der Waals surface area contributed by atoms with Crippen molar-refractivity contribution in [2.45, 2.75) is 26.8 Å². The lowest BCUT2D eigenvalue weighted by Crippen LogP contribution is -2.27. The third-order valence-electron chi connectivity index (χ3n) is 2.24. The Morgan fingerprint density at radius 1 is 1.43 bits per heavy atom. The van der Waals surface area contributed by atoms with Crippen molar-refractivity contribution in [1.29, 1.82) is 5.26 Å². The number of hydrogen-bond acceptors (Lipinski definition) is 3. The third kappa shape index (κ3) is 2.02. The van der Waals surface area contributed by atoms with E-state index >= 15 is 0 Å². The van der Waals surface area contributed by atoms with Crippen LogP contribution in [0.25, 0.3) is 0 Å².